The van der Waals surface area contributed by atoms with Crippen molar-refractivity contribution < 1.29 is 16.5 Å². The molecule has 1 aliphatic rings. The molecule has 0 spiro atoms. The van der Waals surface area contributed by atoms with Crippen LogP contribution in [0.3, 0.4) is 0 Å². The second kappa shape index (κ2) is 4.29. The Morgan fingerprint density at radius 1 is 0.643 bits per heavy atom. The SMILES string of the molecule is C[SiH]1O[Si](C)(C)O[SiH](C)O[Si](C)(C)O1. The normalized spacial score (nSPS) is 37.3. The molecule has 4 nitrogen and oxygen atoms in total. The van der Waals surface area contributed by atoms with E-state index in [1.165, 1.54) is 0 Å². The zero-order valence-corrected chi connectivity index (χ0v) is 14.1. The maximum Gasteiger partial charge on any atom is 0.313 e. The second-order valence-electron chi connectivity index (χ2n) is 4.41. The molecule has 0 radical (unpaired) electrons. The third kappa shape index (κ3) is 4.06. The van der Waals surface area contributed by atoms with Gasteiger partial charge in [-0.2, -0.15) is 0 Å². The lowest BCUT2D eigenvalue weighted by Crippen LogP contribution is -2.55. The average Bonchev–Trinajstić information content (AvgIpc) is 1.74. The molecule has 0 unspecified atom stereocenters. The summed E-state index contributed by atoms with van der Waals surface area (Å²) in [4.78, 5) is 0. The lowest BCUT2D eigenvalue weighted by atomic mass is 11.9. The maximum absolute atomic E-state index is 5.91. The minimum absolute atomic E-state index is 1.55. The Kier molecular flexibility index (Phi) is 3.92. The molecule has 8 heteroatoms. The van der Waals surface area contributed by atoms with E-state index >= 15 is 0 Å². The molecular weight excluding hydrogens is 248 g/mol. The number of rotatable bonds is 0. The van der Waals surface area contributed by atoms with Crippen molar-refractivity contribution in [3.05, 3.63) is 0 Å². The van der Waals surface area contributed by atoms with Gasteiger partial charge in [0.2, 0.25) is 0 Å². The van der Waals surface area contributed by atoms with Gasteiger partial charge in [0, 0.05) is 0 Å². The van der Waals surface area contributed by atoms with Gasteiger partial charge in [-0.3, -0.25) is 0 Å². The molecule has 0 aliphatic carbocycles. The minimum Gasteiger partial charge on any atom is -0.418 e. The van der Waals surface area contributed by atoms with Crippen molar-refractivity contribution in [3.8, 4) is 0 Å². The van der Waals surface area contributed by atoms with Crippen LogP contribution in [0.4, 0.5) is 0 Å². The molecule has 1 saturated heterocycles. The number of hydrogen-bond donors (Lipinski definition) is 0. The fourth-order valence-corrected chi connectivity index (χ4v) is 17.2. The highest BCUT2D eigenvalue weighted by molar-refractivity contribution is 6.84. The first-order chi connectivity index (χ1) is 6.20. The van der Waals surface area contributed by atoms with Crippen molar-refractivity contribution in [1.82, 2.24) is 0 Å². The van der Waals surface area contributed by atoms with Gasteiger partial charge < -0.3 is 16.5 Å². The van der Waals surface area contributed by atoms with Gasteiger partial charge in [-0.25, -0.2) is 0 Å². The Bertz CT molecular complexity index is 172. The summed E-state index contributed by atoms with van der Waals surface area (Å²) in [6.45, 7) is 12.3. The van der Waals surface area contributed by atoms with E-state index in [1.807, 2.05) is 13.1 Å². The summed E-state index contributed by atoms with van der Waals surface area (Å²) in [5.41, 5.74) is 0. The lowest BCUT2D eigenvalue weighted by molar-refractivity contribution is 0.266. The zero-order chi connectivity index (χ0) is 11.0. The molecule has 0 saturated carbocycles. The Morgan fingerprint density at radius 3 is 1.07 bits per heavy atom. The summed E-state index contributed by atoms with van der Waals surface area (Å²) in [5, 5.41) is 0. The van der Waals surface area contributed by atoms with E-state index in [0.29, 0.717) is 0 Å². The van der Waals surface area contributed by atoms with Crippen LogP contribution in [0, 0.1) is 0 Å². The van der Waals surface area contributed by atoms with E-state index in [1.54, 1.807) is 0 Å². The van der Waals surface area contributed by atoms with Crippen LogP contribution in [0.2, 0.25) is 39.3 Å². The molecule has 1 fully saturated rings. The van der Waals surface area contributed by atoms with Crippen LogP contribution in [0.1, 0.15) is 0 Å². The largest absolute Gasteiger partial charge is 0.418 e. The van der Waals surface area contributed by atoms with Crippen molar-refractivity contribution >= 4 is 35.7 Å². The zero-order valence-electron chi connectivity index (χ0n) is 9.79. The van der Waals surface area contributed by atoms with Gasteiger partial charge in [0.25, 0.3) is 0 Å². The summed E-state index contributed by atoms with van der Waals surface area (Å²) in [6.07, 6.45) is 0. The first-order valence-electron chi connectivity index (χ1n) is 4.91. The molecule has 0 aromatic heterocycles. The van der Waals surface area contributed by atoms with Crippen molar-refractivity contribution in [2.75, 3.05) is 0 Å². The summed E-state index contributed by atoms with van der Waals surface area (Å²) in [7, 11) is -7.03. The van der Waals surface area contributed by atoms with Gasteiger partial charge in [0.1, 0.15) is 0 Å². The molecule has 0 amide bonds. The summed E-state index contributed by atoms with van der Waals surface area (Å²) in [6, 6.07) is 0. The van der Waals surface area contributed by atoms with Crippen molar-refractivity contribution in [2.24, 2.45) is 0 Å². The van der Waals surface area contributed by atoms with E-state index < -0.39 is 35.7 Å². The van der Waals surface area contributed by atoms with Crippen LogP contribution in [0.5, 0.6) is 0 Å². The van der Waals surface area contributed by atoms with Gasteiger partial charge in [-0.05, 0) is 39.3 Å². The predicted molar refractivity (Wildman–Crippen MR) is 65.3 cm³/mol. The van der Waals surface area contributed by atoms with Gasteiger partial charge in [-0.15, -0.1) is 0 Å². The van der Waals surface area contributed by atoms with E-state index in [9.17, 15) is 0 Å². The summed E-state index contributed by atoms with van der Waals surface area (Å²) in [5.74, 6) is 0. The quantitative estimate of drug-likeness (QED) is 0.618. The Balaban J connectivity index is 2.71. The van der Waals surface area contributed by atoms with Gasteiger partial charge >= 0.3 is 35.7 Å². The Labute approximate surface area is 91.7 Å². The first-order valence-corrected chi connectivity index (χ1v) is 14.7. The molecule has 0 aromatic rings. The monoisotopic (exact) mass is 268 g/mol. The Morgan fingerprint density at radius 2 is 0.857 bits per heavy atom. The topological polar surface area (TPSA) is 36.9 Å². The highest BCUT2D eigenvalue weighted by atomic mass is 28.5. The van der Waals surface area contributed by atoms with E-state index in [-0.39, 0.29) is 0 Å². The third-order valence-corrected chi connectivity index (χ3v) is 16.2. The predicted octanol–water partition coefficient (Wildman–Crippen LogP) is 1.17. The molecule has 1 heterocycles. The highest BCUT2D eigenvalue weighted by Gasteiger charge is 2.40. The molecule has 84 valence electrons. The van der Waals surface area contributed by atoms with Crippen LogP contribution in [-0.4, -0.2) is 35.7 Å². The van der Waals surface area contributed by atoms with E-state index in [4.69, 9.17) is 16.5 Å². The fourth-order valence-electron chi connectivity index (χ4n) is 1.70. The van der Waals surface area contributed by atoms with Gasteiger partial charge in [-0.1, -0.05) is 0 Å². The van der Waals surface area contributed by atoms with Crippen LogP contribution in [-0.2, 0) is 16.5 Å². The van der Waals surface area contributed by atoms with Crippen molar-refractivity contribution in [3.63, 3.8) is 0 Å². The maximum atomic E-state index is 5.91. The molecule has 14 heavy (non-hydrogen) atoms. The van der Waals surface area contributed by atoms with Gasteiger partial charge in [0.15, 0.2) is 0 Å². The highest BCUT2D eigenvalue weighted by Crippen LogP contribution is 2.20. The molecule has 0 N–H and O–H groups in total. The average molecular weight is 269 g/mol. The molecule has 1 rings (SSSR count). The number of hydrogen-bond acceptors (Lipinski definition) is 4. The van der Waals surface area contributed by atoms with Crippen molar-refractivity contribution in [1.29, 1.82) is 0 Å². The lowest BCUT2D eigenvalue weighted by Gasteiger charge is -2.38. The van der Waals surface area contributed by atoms with Crippen LogP contribution in [0.25, 0.3) is 0 Å². The molecule has 0 atom stereocenters. The third-order valence-electron chi connectivity index (χ3n) is 1.80. The molecule has 1 aliphatic heterocycles. The minimum atomic E-state index is -1.97. The first kappa shape index (κ1) is 12.8. The van der Waals surface area contributed by atoms with Crippen molar-refractivity contribution in [2.45, 2.75) is 39.3 Å². The van der Waals surface area contributed by atoms with Crippen LogP contribution < -0.4 is 0 Å². The molecule has 0 bridgehead atoms. The summed E-state index contributed by atoms with van der Waals surface area (Å²) < 4.78 is 23.6. The molecule has 0 aromatic carbocycles. The summed E-state index contributed by atoms with van der Waals surface area (Å²) >= 11 is 0. The second-order valence-corrected chi connectivity index (χ2v) is 16.0. The van der Waals surface area contributed by atoms with Crippen LogP contribution >= 0.6 is 0 Å². The fraction of sp³-hybridized carbons (Fsp3) is 1.00. The van der Waals surface area contributed by atoms with Crippen LogP contribution in [0.15, 0.2) is 0 Å². The van der Waals surface area contributed by atoms with Gasteiger partial charge in [0.05, 0.1) is 0 Å². The Hall–Kier alpha value is 0.708. The molecular formula is C6H20O4Si4. The standard InChI is InChI=1S/C6H20O4Si4/c1-11-7-13(3,4)9-12(2)10-14(5,6)8-11/h11-12H,1-6H3. The van der Waals surface area contributed by atoms with E-state index in [0.717, 1.165) is 0 Å². The smallest absolute Gasteiger partial charge is 0.313 e. The van der Waals surface area contributed by atoms with E-state index in [2.05, 4.69) is 26.2 Å².